The van der Waals surface area contributed by atoms with Crippen LogP contribution in [0.1, 0.15) is 0 Å². The Labute approximate surface area is 96.6 Å². The predicted octanol–water partition coefficient (Wildman–Crippen LogP) is 3.17. The summed E-state index contributed by atoms with van der Waals surface area (Å²) in [6.07, 6.45) is 4.67. The number of rotatable bonds is 0. The summed E-state index contributed by atoms with van der Waals surface area (Å²) in [5.41, 5.74) is 0. The molecule has 0 radical (unpaired) electrons. The monoisotopic (exact) mass is 424 g/mol. The average Bonchev–Trinajstić information content (AvgIpc) is 1.88. The van der Waals surface area contributed by atoms with Crippen LogP contribution < -0.4 is 0 Å². The van der Waals surface area contributed by atoms with Crippen LogP contribution in [0, 0.1) is 11.8 Å². The molecule has 0 aliphatic heterocycles. The van der Waals surface area contributed by atoms with Crippen LogP contribution in [-0.4, -0.2) is 12.7 Å². The van der Waals surface area contributed by atoms with Gasteiger partial charge >= 0.3 is 0 Å². The van der Waals surface area contributed by atoms with Crippen molar-refractivity contribution in [1.29, 1.82) is 0 Å². The second-order valence-electron chi connectivity index (χ2n) is 2.87. The zero-order chi connectivity index (χ0) is 7.30. The highest BCUT2D eigenvalue weighted by Crippen LogP contribution is 2.52. The Bertz CT molecular complexity index is 170. The van der Waals surface area contributed by atoms with Crippen LogP contribution in [0.4, 0.5) is 0 Å². The maximum absolute atomic E-state index is 3.68. The van der Waals surface area contributed by atoms with Crippen molar-refractivity contribution in [3.8, 4) is 0 Å². The van der Waals surface area contributed by atoms with E-state index >= 15 is 0 Å². The smallest absolute Gasteiger partial charge is 0.0374 e. The topological polar surface area (TPSA) is 0 Å². The summed E-state index contributed by atoms with van der Waals surface area (Å²) in [7, 11) is 0. The van der Waals surface area contributed by atoms with Gasteiger partial charge in [0.25, 0.3) is 0 Å². The minimum absolute atomic E-state index is 0.640. The molecule has 0 nitrogen and oxygen atoms in total. The molecule has 56 valence electrons. The van der Waals surface area contributed by atoms with Crippen molar-refractivity contribution in [2.45, 2.75) is 12.7 Å². The Kier molecular flexibility index (Phi) is 2.38. The second kappa shape index (κ2) is 2.87. The molecule has 0 aromatic heterocycles. The first-order valence-corrected chi connectivity index (χ1v) is 6.73. The van der Waals surface area contributed by atoms with Crippen molar-refractivity contribution in [3.05, 3.63) is 12.2 Å². The van der Waals surface area contributed by atoms with Crippen LogP contribution >= 0.6 is 61.1 Å². The van der Waals surface area contributed by atoms with Crippen LogP contribution in [0.15, 0.2) is 12.2 Å². The third kappa shape index (κ3) is 1.02. The molecule has 0 heterocycles. The van der Waals surface area contributed by atoms with Gasteiger partial charge in [0.1, 0.15) is 0 Å². The van der Waals surface area contributed by atoms with E-state index in [0.29, 0.717) is 4.83 Å². The van der Waals surface area contributed by atoms with E-state index < -0.39 is 0 Å². The van der Waals surface area contributed by atoms with Crippen molar-refractivity contribution in [2.75, 3.05) is 0 Å². The van der Waals surface area contributed by atoms with Gasteiger partial charge in [-0.1, -0.05) is 73.3 Å². The van der Waals surface area contributed by atoms with Crippen molar-refractivity contribution in [1.82, 2.24) is 0 Å². The van der Waals surface area contributed by atoms with Gasteiger partial charge in [0.2, 0.25) is 0 Å². The molecule has 3 aliphatic rings. The third-order valence-electron chi connectivity index (χ3n) is 2.36. The Morgan fingerprint density at radius 1 is 1.10 bits per heavy atom. The van der Waals surface area contributed by atoms with Gasteiger partial charge in [-0.05, 0) is 5.92 Å². The van der Waals surface area contributed by atoms with E-state index in [1.54, 1.807) is 0 Å². The number of allylic oxidation sites excluding steroid dienone is 2. The molecule has 0 aromatic carbocycles. The van der Waals surface area contributed by atoms with Gasteiger partial charge in [-0.25, -0.2) is 0 Å². The molecule has 0 N–H and O–H groups in total. The lowest BCUT2D eigenvalue weighted by Gasteiger charge is -2.50. The lowest BCUT2D eigenvalue weighted by Crippen LogP contribution is -2.54. The largest absolute Gasteiger partial charge is 0.0842 e. The van der Waals surface area contributed by atoms with Crippen LogP contribution in [0.25, 0.3) is 0 Å². The summed E-state index contributed by atoms with van der Waals surface area (Å²) in [6, 6.07) is 0. The van der Waals surface area contributed by atoms with Gasteiger partial charge in [-0.2, -0.15) is 0 Å². The molecule has 1 fully saturated rings. The summed E-state index contributed by atoms with van der Waals surface area (Å²) in [6.45, 7) is 0. The highest BCUT2D eigenvalue weighted by Gasteiger charge is 2.51. The molecule has 0 amide bonds. The molecule has 0 spiro atoms. The van der Waals surface area contributed by atoms with E-state index in [2.05, 4.69) is 73.3 Å². The summed E-state index contributed by atoms with van der Waals surface area (Å²) >= 11 is 8.83. The maximum atomic E-state index is 3.68. The molecule has 3 aliphatic carbocycles. The summed E-state index contributed by atoms with van der Waals surface area (Å²) in [4.78, 5) is 0.640. The van der Waals surface area contributed by atoms with Crippen molar-refractivity contribution in [2.24, 2.45) is 11.8 Å². The fourth-order valence-corrected chi connectivity index (χ4v) is 8.37. The van der Waals surface area contributed by atoms with Crippen molar-refractivity contribution < 1.29 is 0 Å². The quantitative estimate of drug-likeness (QED) is 0.318. The highest BCUT2D eigenvalue weighted by molar-refractivity contribution is 14.1. The van der Waals surface area contributed by atoms with Gasteiger partial charge in [0.05, 0.1) is 0 Å². The number of alkyl halides is 3. The highest BCUT2D eigenvalue weighted by atomic mass is 127. The van der Waals surface area contributed by atoms with E-state index in [1.807, 2.05) is 0 Å². The molecular formula is C7H7BrI2. The van der Waals surface area contributed by atoms with Crippen LogP contribution in [-0.2, 0) is 0 Å². The molecule has 10 heavy (non-hydrogen) atoms. The SMILES string of the molecule is Br[C@H]1C=CC2[C@@H](I)C1[C@@H]2I. The number of fused-ring (bicyclic) bond motifs is 1. The molecular weight excluding hydrogens is 418 g/mol. The Morgan fingerprint density at radius 3 is 2.00 bits per heavy atom. The number of hydrogen-bond donors (Lipinski definition) is 0. The second-order valence-corrected chi connectivity index (χ2v) is 6.81. The number of hydrogen-bond acceptors (Lipinski definition) is 0. The Morgan fingerprint density at radius 2 is 1.70 bits per heavy atom. The summed E-state index contributed by atoms with van der Waals surface area (Å²) in [5.74, 6) is 1.75. The normalized spacial score (nSPS) is 58.1. The van der Waals surface area contributed by atoms with E-state index in [9.17, 15) is 0 Å². The fraction of sp³-hybridized carbons (Fsp3) is 0.714. The first-order chi connectivity index (χ1) is 4.72. The summed E-state index contributed by atoms with van der Waals surface area (Å²) < 4.78 is 1.77. The summed E-state index contributed by atoms with van der Waals surface area (Å²) in [5, 5.41) is 0. The molecule has 3 heteroatoms. The van der Waals surface area contributed by atoms with E-state index in [-0.39, 0.29) is 0 Å². The van der Waals surface area contributed by atoms with E-state index in [4.69, 9.17) is 0 Å². The number of halogens is 3. The van der Waals surface area contributed by atoms with Crippen LogP contribution in [0.5, 0.6) is 0 Å². The average molecular weight is 425 g/mol. The predicted molar refractivity (Wildman–Crippen MR) is 64.5 cm³/mol. The van der Waals surface area contributed by atoms with Crippen molar-refractivity contribution in [3.63, 3.8) is 0 Å². The molecule has 3 rings (SSSR count). The first kappa shape index (κ1) is 8.29. The first-order valence-electron chi connectivity index (χ1n) is 3.32. The minimum atomic E-state index is 0.640. The van der Waals surface area contributed by atoms with E-state index in [1.165, 1.54) is 0 Å². The zero-order valence-electron chi connectivity index (χ0n) is 5.18. The Hall–Kier alpha value is 1.68. The van der Waals surface area contributed by atoms with Gasteiger partial charge < -0.3 is 0 Å². The van der Waals surface area contributed by atoms with Gasteiger partial charge in [-0.15, -0.1) is 0 Å². The lowest BCUT2D eigenvalue weighted by atomic mass is 9.69. The molecule has 0 saturated heterocycles. The lowest BCUT2D eigenvalue weighted by molar-refractivity contribution is 0.291. The van der Waals surface area contributed by atoms with Gasteiger partial charge in [0, 0.05) is 18.6 Å². The van der Waals surface area contributed by atoms with Crippen molar-refractivity contribution >= 4 is 61.1 Å². The van der Waals surface area contributed by atoms with Gasteiger partial charge in [-0.3, -0.25) is 0 Å². The van der Waals surface area contributed by atoms with E-state index in [0.717, 1.165) is 19.7 Å². The van der Waals surface area contributed by atoms with Crippen LogP contribution in [0.3, 0.4) is 0 Å². The molecule has 1 saturated carbocycles. The minimum Gasteiger partial charge on any atom is -0.0842 e. The zero-order valence-corrected chi connectivity index (χ0v) is 11.1. The molecule has 0 unspecified atom stereocenters. The maximum Gasteiger partial charge on any atom is 0.0374 e. The standard InChI is InChI=1S/C7H7BrI2/c8-4-2-1-3-6(9)5(4)7(3)10/h1-7H/t3?,4-,5?,6+,7+/m0/s1. The molecule has 3 atom stereocenters. The van der Waals surface area contributed by atoms with Crippen LogP contribution in [0.2, 0.25) is 0 Å². The molecule has 2 bridgehead atoms. The Balaban J connectivity index is 2.24. The third-order valence-corrected chi connectivity index (χ3v) is 6.59. The molecule has 0 aromatic rings. The fourth-order valence-electron chi connectivity index (χ4n) is 1.65. The van der Waals surface area contributed by atoms with Gasteiger partial charge in [0.15, 0.2) is 0 Å².